The van der Waals surface area contributed by atoms with E-state index in [1.165, 1.54) is 0 Å². The fourth-order valence-electron chi connectivity index (χ4n) is 2.17. The molecule has 0 radical (unpaired) electrons. The number of amides is 1. The maximum atomic E-state index is 11.9. The summed E-state index contributed by atoms with van der Waals surface area (Å²) in [4.78, 5) is 13.9. The second kappa shape index (κ2) is 8.56. The molecule has 0 spiro atoms. The van der Waals surface area contributed by atoms with E-state index < -0.39 is 0 Å². The van der Waals surface area contributed by atoms with Crippen molar-refractivity contribution in [3.8, 4) is 11.5 Å². The van der Waals surface area contributed by atoms with E-state index in [-0.39, 0.29) is 5.91 Å². The molecular weight excluding hydrogens is 312 g/mol. The number of para-hydroxylation sites is 1. The Morgan fingerprint density at radius 3 is 2.52 bits per heavy atom. The summed E-state index contributed by atoms with van der Waals surface area (Å²) in [6, 6.07) is 14.5. The molecule has 5 heteroatoms. The van der Waals surface area contributed by atoms with Gasteiger partial charge in [0.2, 0.25) is 5.91 Å². The van der Waals surface area contributed by atoms with Gasteiger partial charge >= 0.3 is 0 Å². The van der Waals surface area contributed by atoms with Crippen LogP contribution in [0.3, 0.4) is 0 Å². The first kappa shape index (κ1) is 17.3. The largest absolute Gasteiger partial charge is 0.456 e. The highest BCUT2D eigenvalue weighted by Gasteiger charge is 2.07. The number of hydrogen-bond acceptors (Lipinski definition) is 3. The fraction of sp³-hybridized carbons (Fsp3) is 0.278. The molecule has 2 aromatic rings. The van der Waals surface area contributed by atoms with Crippen molar-refractivity contribution in [1.82, 2.24) is 4.90 Å². The summed E-state index contributed by atoms with van der Waals surface area (Å²) in [5.74, 6) is 1.24. The predicted octanol–water partition coefficient (Wildman–Crippen LogP) is 4.41. The summed E-state index contributed by atoms with van der Waals surface area (Å²) < 4.78 is 5.71. The molecule has 122 valence electrons. The Hall–Kier alpha value is -2.04. The first-order valence-electron chi connectivity index (χ1n) is 7.59. The van der Waals surface area contributed by atoms with Crippen molar-refractivity contribution in [3.05, 3.63) is 53.6 Å². The second-order valence-electron chi connectivity index (χ2n) is 5.34. The van der Waals surface area contributed by atoms with Gasteiger partial charge in [0.05, 0.1) is 11.6 Å². The lowest BCUT2D eigenvalue weighted by Gasteiger charge is -2.15. The third-order valence-electron chi connectivity index (χ3n) is 3.22. The lowest BCUT2D eigenvalue weighted by molar-refractivity contribution is -0.117. The predicted molar refractivity (Wildman–Crippen MR) is 94.4 cm³/mol. The second-order valence-corrected chi connectivity index (χ2v) is 5.75. The summed E-state index contributed by atoms with van der Waals surface area (Å²) in [5.41, 5.74) is 0.742. The summed E-state index contributed by atoms with van der Waals surface area (Å²) in [6.07, 6.45) is 1.03. The molecule has 0 fully saturated rings. The van der Waals surface area contributed by atoms with Gasteiger partial charge in [-0.3, -0.25) is 9.69 Å². The van der Waals surface area contributed by atoms with Gasteiger partial charge < -0.3 is 10.1 Å². The monoisotopic (exact) mass is 332 g/mol. The van der Waals surface area contributed by atoms with Crippen molar-refractivity contribution in [2.75, 3.05) is 25.5 Å². The molecule has 0 aliphatic carbocycles. The first-order chi connectivity index (χ1) is 11.1. The standard InChI is InChI=1S/C18H21ClN2O2/c1-3-12-21(2)13-18(22)20-14-8-10-15(11-9-14)23-17-7-5-4-6-16(17)19/h4-11H,3,12-13H2,1-2H3,(H,20,22). The molecule has 0 unspecified atom stereocenters. The average Bonchev–Trinajstić information content (AvgIpc) is 2.51. The first-order valence-corrected chi connectivity index (χ1v) is 7.97. The summed E-state index contributed by atoms with van der Waals surface area (Å²) >= 11 is 6.06. The molecule has 0 aliphatic heterocycles. The molecule has 0 saturated heterocycles. The Bertz CT molecular complexity index is 644. The highest BCUT2D eigenvalue weighted by atomic mass is 35.5. The Labute approximate surface area is 142 Å². The Balaban J connectivity index is 1.92. The van der Waals surface area contributed by atoms with Crippen molar-refractivity contribution in [2.45, 2.75) is 13.3 Å². The molecule has 2 rings (SSSR count). The molecule has 2 aromatic carbocycles. The lowest BCUT2D eigenvalue weighted by Crippen LogP contribution is -2.30. The molecule has 0 aliphatic rings. The Morgan fingerprint density at radius 1 is 1.17 bits per heavy atom. The van der Waals surface area contributed by atoms with Crippen molar-refractivity contribution in [2.24, 2.45) is 0 Å². The quantitative estimate of drug-likeness (QED) is 0.816. The minimum atomic E-state index is -0.0271. The summed E-state index contributed by atoms with van der Waals surface area (Å²) in [7, 11) is 1.93. The average molecular weight is 333 g/mol. The van der Waals surface area contributed by atoms with E-state index in [1.807, 2.05) is 42.3 Å². The SMILES string of the molecule is CCCN(C)CC(=O)Nc1ccc(Oc2ccccc2Cl)cc1. The van der Waals surface area contributed by atoms with E-state index in [0.717, 1.165) is 18.7 Å². The van der Waals surface area contributed by atoms with E-state index in [4.69, 9.17) is 16.3 Å². The molecule has 0 bridgehead atoms. The lowest BCUT2D eigenvalue weighted by atomic mass is 10.3. The van der Waals surface area contributed by atoms with Gasteiger partial charge in [-0.05, 0) is 56.4 Å². The van der Waals surface area contributed by atoms with Crippen LogP contribution in [0.1, 0.15) is 13.3 Å². The number of carbonyl (C=O) groups is 1. The van der Waals surface area contributed by atoms with Crippen LogP contribution in [0.2, 0.25) is 5.02 Å². The van der Waals surface area contributed by atoms with Crippen LogP contribution in [0.5, 0.6) is 11.5 Å². The number of benzene rings is 2. The number of carbonyl (C=O) groups excluding carboxylic acids is 1. The van der Waals surface area contributed by atoms with Gasteiger partial charge in [0.15, 0.2) is 0 Å². The van der Waals surface area contributed by atoms with Crippen molar-refractivity contribution in [1.29, 1.82) is 0 Å². The maximum absolute atomic E-state index is 11.9. The molecule has 23 heavy (non-hydrogen) atoms. The van der Waals surface area contributed by atoms with E-state index >= 15 is 0 Å². The number of rotatable bonds is 7. The molecular formula is C18H21ClN2O2. The van der Waals surface area contributed by atoms with Crippen molar-refractivity contribution in [3.63, 3.8) is 0 Å². The van der Waals surface area contributed by atoms with Gasteiger partial charge in [0, 0.05) is 5.69 Å². The maximum Gasteiger partial charge on any atom is 0.238 e. The summed E-state index contributed by atoms with van der Waals surface area (Å²) in [6.45, 7) is 3.37. The third-order valence-corrected chi connectivity index (χ3v) is 3.53. The molecule has 0 aromatic heterocycles. The zero-order chi connectivity index (χ0) is 16.7. The van der Waals surface area contributed by atoms with Crippen LogP contribution in [0.4, 0.5) is 5.69 Å². The minimum Gasteiger partial charge on any atom is -0.456 e. The fourth-order valence-corrected chi connectivity index (χ4v) is 2.34. The van der Waals surface area contributed by atoms with Crippen LogP contribution in [-0.4, -0.2) is 30.9 Å². The van der Waals surface area contributed by atoms with Crippen LogP contribution in [0, 0.1) is 0 Å². The number of likely N-dealkylation sites (N-methyl/N-ethyl adjacent to an activating group) is 1. The molecule has 0 heterocycles. The number of anilines is 1. The Morgan fingerprint density at radius 2 is 1.87 bits per heavy atom. The minimum absolute atomic E-state index is 0.0271. The van der Waals surface area contributed by atoms with Crippen LogP contribution >= 0.6 is 11.6 Å². The smallest absolute Gasteiger partial charge is 0.238 e. The van der Waals surface area contributed by atoms with Gasteiger partial charge in [-0.1, -0.05) is 30.7 Å². The molecule has 4 nitrogen and oxygen atoms in total. The number of nitrogens with one attached hydrogen (secondary N) is 1. The normalized spacial score (nSPS) is 10.6. The van der Waals surface area contributed by atoms with Gasteiger partial charge in [-0.25, -0.2) is 0 Å². The molecule has 1 amide bonds. The number of nitrogens with zero attached hydrogens (tertiary/aromatic N) is 1. The molecule has 0 saturated carbocycles. The molecule has 0 atom stereocenters. The highest BCUT2D eigenvalue weighted by molar-refractivity contribution is 6.32. The number of halogens is 1. The van der Waals surface area contributed by atoms with Gasteiger partial charge in [-0.15, -0.1) is 0 Å². The van der Waals surface area contributed by atoms with Gasteiger partial charge in [0.1, 0.15) is 11.5 Å². The van der Waals surface area contributed by atoms with Gasteiger partial charge in [-0.2, -0.15) is 0 Å². The zero-order valence-corrected chi connectivity index (χ0v) is 14.1. The van der Waals surface area contributed by atoms with Crippen LogP contribution < -0.4 is 10.1 Å². The Kier molecular flexibility index (Phi) is 6.44. The number of hydrogen-bond donors (Lipinski definition) is 1. The van der Waals surface area contributed by atoms with E-state index in [1.54, 1.807) is 18.2 Å². The molecule has 1 N–H and O–H groups in total. The topological polar surface area (TPSA) is 41.6 Å². The van der Waals surface area contributed by atoms with E-state index in [0.29, 0.717) is 23.1 Å². The van der Waals surface area contributed by atoms with E-state index in [2.05, 4.69) is 12.2 Å². The number of ether oxygens (including phenoxy) is 1. The van der Waals surface area contributed by atoms with Crippen LogP contribution in [0.15, 0.2) is 48.5 Å². The highest BCUT2D eigenvalue weighted by Crippen LogP contribution is 2.29. The van der Waals surface area contributed by atoms with Gasteiger partial charge in [0.25, 0.3) is 0 Å². The van der Waals surface area contributed by atoms with E-state index in [9.17, 15) is 4.79 Å². The zero-order valence-electron chi connectivity index (χ0n) is 13.4. The van der Waals surface area contributed by atoms with Crippen LogP contribution in [0.25, 0.3) is 0 Å². The van der Waals surface area contributed by atoms with Crippen LogP contribution in [-0.2, 0) is 4.79 Å². The summed E-state index contributed by atoms with van der Waals surface area (Å²) in [5, 5.41) is 3.43. The van der Waals surface area contributed by atoms with Crippen molar-refractivity contribution < 1.29 is 9.53 Å². The van der Waals surface area contributed by atoms with Crippen molar-refractivity contribution >= 4 is 23.2 Å². The third kappa shape index (κ3) is 5.58.